The van der Waals surface area contributed by atoms with Crippen molar-refractivity contribution in [2.75, 3.05) is 0 Å². The van der Waals surface area contributed by atoms with Crippen LogP contribution in [0.4, 0.5) is 0 Å². The molecule has 0 aliphatic heterocycles. The fourth-order valence-corrected chi connectivity index (χ4v) is 1.88. The van der Waals surface area contributed by atoms with Gasteiger partial charge in [-0.05, 0) is 12.8 Å². The van der Waals surface area contributed by atoms with Crippen molar-refractivity contribution < 1.29 is 4.79 Å². The Hall–Kier alpha value is -0.530. The van der Waals surface area contributed by atoms with Crippen LogP contribution in [0.1, 0.15) is 72.1 Å². The largest absolute Gasteiger partial charge is 0.369 e. The molecule has 2 N–H and O–H groups in total. The minimum Gasteiger partial charge on any atom is -0.369 e. The molecule has 0 saturated heterocycles. The van der Waals surface area contributed by atoms with Gasteiger partial charge in [0.2, 0.25) is 5.91 Å². The van der Waals surface area contributed by atoms with Crippen LogP contribution in [0.3, 0.4) is 0 Å². The van der Waals surface area contributed by atoms with Crippen LogP contribution in [0.5, 0.6) is 0 Å². The Labute approximate surface area is 94.6 Å². The molecule has 0 aromatic carbocycles. The van der Waals surface area contributed by atoms with E-state index < -0.39 is 0 Å². The molecule has 0 heterocycles. The summed E-state index contributed by atoms with van der Waals surface area (Å²) in [5.41, 5.74) is 5.23. The second-order valence-electron chi connectivity index (χ2n) is 4.84. The molecule has 0 aliphatic carbocycles. The monoisotopic (exact) mass is 213 g/mol. The number of amides is 1. The summed E-state index contributed by atoms with van der Waals surface area (Å²) >= 11 is 0. The predicted octanol–water partition coefficient (Wildman–Crippen LogP) is 3.64. The third kappa shape index (κ3) is 5.81. The lowest BCUT2D eigenvalue weighted by atomic mass is 9.79. The van der Waals surface area contributed by atoms with Crippen LogP contribution >= 0.6 is 0 Å². The van der Waals surface area contributed by atoms with E-state index in [9.17, 15) is 4.79 Å². The molecule has 15 heavy (non-hydrogen) atoms. The normalized spacial score (nSPS) is 14.9. The van der Waals surface area contributed by atoms with E-state index in [1.54, 1.807) is 0 Å². The Balaban J connectivity index is 3.96. The number of nitrogens with two attached hydrogens (primary N) is 1. The molecule has 1 unspecified atom stereocenters. The van der Waals surface area contributed by atoms with E-state index in [4.69, 9.17) is 5.73 Å². The summed E-state index contributed by atoms with van der Waals surface area (Å²) in [4.78, 5) is 11.4. The first-order valence-corrected chi connectivity index (χ1v) is 6.36. The van der Waals surface area contributed by atoms with Crippen molar-refractivity contribution in [2.45, 2.75) is 72.1 Å². The van der Waals surface area contributed by atoms with Gasteiger partial charge >= 0.3 is 0 Å². The molecule has 2 nitrogen and oxygen atoms in total. The molecule has 0 radical (unpaired) electrons. The molecule has 0 rings (SSSR count). The molecule has 90 valence electrons. The third-order valence-corrected chi connectivity index (χ3v) is 3.26. The molecular formula is C13H27NO. The lowest BCUT2D eigenvalue weighted by molar-refractivity contribution is -0.127. The number of unbranched alkanes of at least 4 members (excludes halogenated alkanes) is 4. The zero-order valence-corrected chi connectivity index (χ0v) is 10.6. The van der Waals surface area contributed by atoms with Crippen molar-refractivity contribution in [3.8, 4) is 0 Å². The maximum Gasteiger partial charge on any atom is 0.223 e. The molecule has 1 amide bonds. The minimum atomic E-state index is -0.260. The van der Waals surface area contributed by atoms with E-state index in [-0.39, 0.29) is 11.3 Å². The van der Waals surface area contributed by atoms with E-state index in [0.29, 0.717) is 0 Å². The Morgan fingerprint density at radius 2 is 1.53 bits per heavy atom. The fourth-order valence-electron chi connectivity index (χ4n) is 1.88. The number of hydrogen-bond donors (Lipinski definition) is 1. The molecule has 0 aromatic rings. The van der Waals surface area contributed by atoms with Crippen LogP contribution in [0.2, 0.25) is 0 Å². The first-order valence-electron chi connectivity index (χ1n) is 6.36. The Morgan fingerprint density at radius 3 is 2.00 bits per heavy atom. The second kappa shape index (κ2) is 7.72. The van der Waals surface area contributed by atoms with Crippen molar-refractivity contribution in [1.29, 1.82) is 0 Å². The summed E-state index contributed by atoms with van der Waals surface area (Å²) in [6.45, 7) is 6.37. The van der Waals surface area contributed by atoms with Crippen LogP contribution < -0.4 is 5.73 Å². The molecule has 0 spiro atoms. The highest BCUT2D eigenvalue weighted by molar-refractivity contribution is 5.80. The summed E-state index contributed by atoms with van der Waals surface area (Å²) in [5, 5.41) is 0. The lowest BCUT2D eigenvalue weighted by Crippen LogP contribution is -2.34. The number of primary amides is 1. The van der Waals surface area contributed by atoms with Gasteiger partial charge in [-0.2, -0.15) is 0 Å². The smallest absolute Gasteiger partial charge is 0.223 e. The number of carbonyl (C=O) groups excluding carboxylic acids is 1. The highest BCUT2D eigenvalue weighted by atomic mass is 16.1. The zero-order chi connectivity index (χ0) is 11.7. The molecule has 1 atom stereocenters. The first-order chi connectivity index (χ1) is 7.06. The Bertz CT molecular complexity index is 179. The van der Waals surface area contributed by atoms with Gasteiger partial charge in [-0.15, -0.1) is 0 Å². The van der Waals surface area contributed by atoms with E-state index in [0.717, 1.165) is 32.1 Å². The number of hydrogen-bond acceptors (Lipinski definition) is 1. The van der Waals surface area contributed by atoms with Gasteiger partial charge in [0.05, 0.1) is 0 Å². The van der Waals surface area contributed by atoms with Gasteiger partial charge in [-0.3, -0.25) is 4.79 Å². The maximum atomic E-state index is 11.4. The molecule has 0 bridgehead atoms. The van der Waals surface area contributed by atoms with E-state index in [2.05, 4.69) is 13.8 Å². The summed E-state index contributed by atoms with van der Waals surface area (Å²) in [6.07, 6.45) is 9.02. The second-order valence-corrected chi connectivity index (χ2v) is 4.84. The molecule has 0 aliphatic rings. The summed E-state index contributed by atoms with van der Waals surface area (Å²) in [7, 11) is 0. The van der Waals surface area contributed by atoms with Crippen LogP contribution in [0.25, 0.3) is 0 Å². The number of rotatable bonds is 9. The van der Waals surface area contributed by atoms with Gasteiger partial charge in [0.15, 0.2) is 0 Å². The van der Waals surface area contributed by atoms with Crippen molar-refractivity contribution in [1.82, 2.24) is 0 Å². The SMILES string of the molecule is CCCCCCC(C)(CCCC)C(N)=O. The van der Waals surface area contributed by atoms with Gasteiger partial charge in [-0.25, -0.2) is 0 Å². The standard InChI is InChI=1S/C13H27NO/c1-4-6-8-9-11-13(3,12(14)15)10-7-5-2/h4-11H2,1-3H3,(H2,14,15). The maximum absolute atomic E-state index is 11.4. The van der Waals surface area contributed by atoms with E-state index >= 15 is 0 Å². The van der Waals surface area contributed by atoms with Gasteiger partial charge in [0.25, 0.3) is 0 Å². The average Bonchev–Trinajstić information content (AvgIpc) is 2.21. The summed E-state index contributed by atoms with van der Waals surface area (Å²) in [6, 6.07) is 0. The van der Waals surface area contributed by atoms with Crippen molar-refractivity contribution in [2.24, 2.45) is 11.1 Å². The molecule has 0 aromatic heterocycles. The van der Waals surface area contributed by atoms with Gasteiger partial charge in [-0.1, -0.05) is 59.3 Å². The van der Waals surface area contributed by atoms with Crippen molar-refractivity contribution in [3.63, 3.8) is 0 Å². The first kappa shape index (κ1) is 14.5. The lowest BCUT2D eigenvalue weighted by Gasteiger charge is -2.25. The van der Waals surface area contributed by atoms with Crippen molar-refractivity contribution in [3.05, 3.63) is 0 Å². The Kier molecular flexibility index (Phi) is 7.45. The van der Waals surface area contributed by atoms with E-state index in [1.165, 1.54) is 19.3 Å². The molecule has 0 saturated carbocycles. The summed E-state index contributed by atoms with van der Waals surface area (Å²) in [5.74, 6) is -0.118. The average molecular weight is 213 g/mol. The fraction of sp³-hybridized carbons (Fsp3) is 0.923. The quantitative estimate of drug-likeness (QED) is 0.584. The Morgan fingerprint density at radius 1 is 1.00 bits per heavy atom. The van der Waals surface area contributed by atoms with Crippen LogP contribution in [0, 0.1) is 5.41 Å². The van der Waals surface area contributed by atoms with Crippen LogP contribution in [0.15, 0.2) is 0 Å². The van der Waals surface area contributed by atoms with Gasteiger partial charge in [0.1, 0.15) is 0 Å². The molecular weight excluding hydrogens is 186 g/mol. The van der Waals surface area contributed by atoms with Crippen LogP contribution in [-0.4, -0.2) is 5.91 Å². The predicted molar refractivity (Wildman–Crippen MR) is 65.6 cm³/mol. The van der Waals surface area contributed by atoms with Crippen LogP contribution in [-0.2, 0) is 4.79 Å². The van der Waals surface area contributed by atoms with Gasteiger partial charge in [0, 0.05) is 5.41 Å². The zero-order valence-electron chi connectivity index (χ0n) is 10.6. The summed E-state index contributed by atoms with van der Waals surface area (Å²) < 4.78 is 0. The number of carbonyl (C=O) groups is 1. The van der Waals surface area contributed by atoms with E-state index in [1.807, 2.05) is 6.92 Å². The molecule has 2 heteroatoms. The third-order valence-electron chi connectivity index (χ3n) is 3.26. The highest BCUT2D eigenvalue weighted by Gasteiger charge is 2.29. The molecule has 0 fully saturated rings. The minimum absolute atomic E-state index is 0.118. The van der Waals surface area contributed by atoms with Gasteiger partial charge < -0.3 is 5.73 Å². The topological polar surface area (TPSA) is 43.1 Å². The van der Waals surface area contributed by atoms with Crippen molar-refractivity contribution >= 4 is 5.91 Å². The highest BCUT2D eigenvalue weighted by Crippen LogP contribution is 2.30.